The first-order chi connectivity index (χ1) is 5.75. The van der Waals surface area contributed by atoms with Gasteiger partial charge < -0.3 is 4.74 Å². The first kappa shape index (κ1) is 10.0. The Labute approximate surface area is 75.9 Å². The van der Waals surface area contributed by atoms with Crippen LogP contribution in [0.15, 0.2) is 0 Å². The van der Waals surface area contributed by atoms with Crippen LogP contribution >= 0.6 is 0 Å². The average molecular weight is 171 g/mol. The monoisotopic (exact) mass is 171 g/mol. The number of likely N-dealkylation sites (tertiary alicyclic amines) is 1. The molecule has 2 heteroatoms. The molecule has 0 saturated carbocycles. The van der Waals surface area contributed by atoms with Gasteiger partial charge in [0.2, 0.25) is 0 Å². The van der Waals surface area contributed by atoms with E-state index in [4.69, 9.17) is 4.74 Å². The summed E-state index contributed by atoms with van der Waals surface area (Å²) in [7, 11) is 4.02. The molecule has 72 valence electrons. The van der Waals surface area contributed by atoms with Gasteiger partial charge >= 0.3 is 0 Å². The van der Waals surface area contributed by atoms with Crippen LogP contribution in [0, 0.1) is 0 Å². The van der Waals surface area contributed by atoms with E-state index in [2.05, 4.69) is 18.9 Å². The Hall–Kier alpha value is -0.0800. The van der Waals surface area contributed by atoms with Crippen molar-refractivity contribution in [3.05, 3.63) is 0 Å². The van der Waals surface area contributed by atoms with Crippen molar-refractivity contribution < 1.29 is 4.74 Å². The van der Waals surface area contributed by atoms with Crippen molar-refractivity contribution in [1.29, 1.82) is 0 Å². The summed E-state index contributed by atoms with van der Waals surface area (Å²) in [5.74, 6) is 0. The molecule has 0 aromatic carbocycles. The number of ether oxygens (including phenoxy) is 1. The number of hydrogen-bond acceptors (Lipinski definition) is 2. The molecule has 12 heavy (non-hydrogen) atoms. The zero-order valence-electron chi connectivity index (χ0n) is 8.60. The van der Waals surface area contributed by atoms with Gasteiger partial charge in [0.15, 0.2) is 0 Å². The Balaban J connectivity index is 2.60. The van der Waals surface area contributed by atoms with Crippen molar-refractivity contribution in [3.63, 3.8) is 0 Å². The van der Waals surface area contributed by atoms with E-state index in [-0.39, 0.29) is 5.72 Å². The van der Waals surface area contributed by atoms with Gasteiger partial charge in [0.05, 0.1) is 0 Å². The summed E-state index contributed by atoms with van der Waals surface area (Å²) in [5, 5.41) is 0. The lowest BCUT2D eigenvalue weighted by molar-refractivity contribution is -0.150. The maximum Gasteiger partial charge on any atom is 0.121 e. The van der Waals surface area contributed by atoms with Crippen molar-refractivity contribution in [2.75, 3.05) is 20.7 Å². The molecule has 0 aliphatic carbocycles. The number of nitrogens with zero attached hydrogens (tertiary/aromatic N) is 1. The second-order valence-corrected chi connectivity index (χ2v) is 3.78. The maximum atomic E-state index is 5.66. The Kier molecular flexibility index (Phi) is 3.53. The minimum Gasteiger partial charge on any atom is -0.364 e. The van der Waals surface area contributed by atoms with E-state index in [1.165, 1.54) is 38.6 Å². The highest BCUT2D eigenvalue weighted by molar-refractivity contribution is 4.82. The van der Waals surface area contributed by atoms with E-state index in [1.807, 2.05) is 7.11 Å². The molecule has 1 aliphatic heterocycles. The Bertz CT molecular complexity index is 134. The molecule has 1 saturated heterocycles. The first-order valence-corrected chi connectivity index (χ1v) is 5.01. The van der Waals surface area contributed by atoms with Gasteiger partial charge in [-0.1, -0.05) is 13.3 Å². The van der Waals surface area contributed by atoms with Gasteiger partial charge in [-0.05, 0) is 32.7 Å². The van der Waals surface area contributed by atoms with Gasteiger partial charge in [-0.15, -0.1) is 0 Å². The third-order valence-corrected chi connectivity index (χ3v) is 3.03. The summed E-state index contributed by atoms with van der Waals surface area (Å²) in [6.07, 6.45) is 6.22. The molecule has 2 nitrogen and oxygen atoms in total. The number of rotatable bonds is 3. The van der Waals surface area contributed by atoms with E-state index < -0.39 is 0 Å². The molecule has 1 heterocycles. The summed E-state index contributed by atoms with van der Waals surface area (Å²) in [4.78, 5) is 2.38. The highest BCUT2D eigenvalue weighted by Gasteiger charge is 2.35. The molecule has 0 spiro atoms. The fraction of sp³-hybridized carbons (Fsp3) is 1.00. The minimum atomic E-state index is 0.0625. The Morgan fingerprint density at radius 2 is 2.17 bits per heavy atom. The SMILES string of the molecule is CCCC1(OC)CCCCN1C. The lowest BCUT2D eigenvalue weighted by Crippen LogP contribution is -2.50. The molecule has 0 aromatic heterocycles. The summed E-state index contributed by atoms with van der Waals surface area (Å²) < 4.78 is 5.66. The molecule has 1 fully saturated rings. The summed E-state index contributed by atoms with van der Waals surface area (Å²) in [5.41, 5.74) is 0.0625. The van der Waals surface area contributed by atoms with Gasteiger partial charge in [-0.3, -0.25) is 4.90 Å². The Morgan fingerprint density at radius 1 is 1.42 bits per heavy atom. The van der Waals surface area contributed by atoms with E-state index in [1.54, 1.807) is 0 Å². The standard InChI is InChI=1S/C10H21NO/c1-4-7-10(12-3)8-5-6-9-11(10)2/h4-9H2,1-3H3. The van der Waals surface area contributed by atoms with Crippen LogP contribution in [-0.2, 0) is 4.74 Å². The fourth-order valence-corrected chi connectivity index (χ4v) is 2.21. The van der Waals surface area contributed by atoms with Crippen LogP contribution in [0.5, 0.6) is 0 Å². The number of methoxy groups -OCH3 is 1. The van der Waals surface area contributed by atoms with Crippen LogP contribution in [-0.4, -0.2) is 31.3 Å². The van der Waals surface area contributed by atoms with Crippen LogP contribution in [0.25, 0.3) is 0 Å². The van der Waals surface area contributed by atoms with Crippen LogP contribution < -0.4 is 0 Å². The molecule has 1 unspecified atom stereocenters. The zero-order chi connectivity index (χ0) is 9.03. The fourth-order valence-electron chi connectivity index (χ4n) is 2.21. The lowest BCUT2D eigenvalue weighted by atomic mass is 9.94. The normalized spacial score (nSPS) is 32.2. The molecule has 0 N–H and O–H groups in total. The van der Waals surface area contributed by atoms with E-state index in [0.717, 1.165) is 0 Å². The molecule has 0 bridgehead atoms. The highest BCUT2D eigenvalue weighted by atomic mass is 16.5. The lowest BCUT2D eigenvalue weighted by Gasteiger charge is -2.44. The van der Waals surface area contributed by atoms with Crippen LogP contribution in [0.1, 0.15) is 39.0 Å². The molecule has 0 aromatic rings. The number of hydrogen-bond donors (Lipinski definition) is 0. The predicted molar refractivity (Wildman–Crippen MR) is 51.1 cm³/mol. The van der Waals surface area contributed by atoms with E-state index in [9.17, 15) is 0 Å². The average Bonchev–Trinajstić information content (AvgIpc) is 2.10. The molecule has 0 amide bonds. The van der Waals surface area contributed by atoms with Crippen molar-refractivity contribution in [2.45, 2.75) is 44.8 Å². The first-order valence-electron chi connectivity index (χ1n) is 5.01. The molecular weight excluding hydrogens is 150 g/mol. The van der Waals surface area contributed by atoms with Crippen molar-refractivity contribution >= 4 is 0 Å². The van der Waals surface area contributed by atoms with Gasteiger partial charge in [0.25, 0.3) is 0 Å². The van der Waals surface area contributed by atoms with E-state index >= 15 is 0 Å². The Morgan fingerprint density at radius 3 is 2.67 bits per heavy atom. The summed E-state index contributed by atoms with van der Waals surface area (Å²) >= 11 is 0. The smallest absolute Gasteiger partial charge is 0.121 e. The molecule has 1 atom stereocenters. The van der Waals surface area contributed by atoms with Gasteiger partial charge in [-0.2, -0.15) is 0 Å². The second kappa shape index (κ2) is 4.24. The molecular formula is C10H21NO. The van der Waals surface area contributed by atoms with Crippen molar-refractivity contribution in [3.8, 4) is 0 Å². The predicted octanol–water partition coefficient (Wildman–Crippen LogP) is 2.24. The quantitative estimate of drug-likeness (QED) is 0.645. The van der Waals surface area contributed by atoms with Crippen molar-refractivity contribution in [1.82, 2.24) is 4.90 Å². The maximum absolute atomic E-state index is 5.66. The number of piperidine rings is 1. The van der Waals surface area contributed by atoms with Gasteiger partial charge in [0, 0.05) is 13.7 Å². The van der Waals surface area contributed by atoms with Gasteiger partial charge in [-0.25, -0.2) is 0 Å². The molecule has 1 aliphatic rings. The van der Waals surface area contributed by atoms with E-state index in [0.29, 0.717) is 0 Å². The van der Waals surface area contributed by atoms with Crippen LogP contribution in [0.3, 0.4) is 0 Å². The zero-order valence-corrected chi connectivity index (χ0v) is 8.60. The highest BCUT2D eigenvalue weighted by Crippen LogP contribution is 2.31. The van der Waals surface area contributed by atoms with Crippen LogP contribution in [0.2, 0.25) is 0 Å². The van der Waals surface area contributed by atoms with Crippen LogP contribution in [0.4, 0.5) is 0 Å². The third kappa shape index (κ3) is 1.80. The topological polar surface area (TPSA) is 12.5 Å². The summed E-state index contributed by atoms with van der Waals surface area (Å²) in [6.45, 7) is 3.41. The molecule has 0 radical (unpaired) electrons. The van der Waals surface area contributed by atoms with Gasteiger partial charge in [0.1, 0.15) is 5.72 Å². The summed E-state index contributed by atoms with van der Waals surface area (Å²) in [6, 6.07) is 0. The minimum absolute atomic E-state index is 0.0625. The van der Waals surface area contributed by atoms with Crippen molar-refractivity contribution in [2.24, 2.45) is 0 Å². The largest absolute Gasteiger partial charge is 0.364 e. The third-order valence-electron chi connectivity index (χ3n) is 3.03. The second-order valence-electron chi connectivity index (χ2n) is 3.78. The molecule has 1 rings (SSSR count).